The highest BCUT2D eigenvalue weighted by Crippen LogP contribution is 2.19. The zero-order valence-electron chi connectivity index (χ0n) is 11.6. The Bertz CT molecular complexity index is 615. The Kier molecular flexibility index (Phi) is 5.22. The normalized spacial score (nSPS) is 12.4. The molecule has 1 unspecified atom stereocenters. The molecule has 0 saturated heterocycles. The number of furan rings is 1. The van der Waals surface area contributed by atoms with Gasteiger partial charge in [0.15, 0.2) is 0 Å². The van der Waals surface area contributed by atoms with Gasteiger partial charge in [-0.3, -0.25) is 9.69 Å². The van der Waals surface area contributed by atoms with Crippen molar-refractivity contribution in [1.29, 1.82) is 0 Å². The number of rotatable bonds is 5. The summed E-state index contributed by atoms with van der Waals surface area (Å²) in [5.74, 6) is 0.395. The van der Waals surface area contributed by atoms with Crippen LogP contribution in [-0.4, -0.2) is 36.4 Å². The number of aromatic nitrogens is 1. The van der Waals surface area contributed by atoms with E-state index < -0.39 is 0 Å². The largest absolute Gasteiger partial charge is 0.468 e. The van der Waals surface area contributed by atoms with E-state index in [0.29, 0.717) is 6.54 Å². The molecule has 0 saturated carbocycles. The van der Waals surface area contributed by atoms with Crippen molar-refractivity contribution in [3.8, 4) is 0 Å². The van der Waals surface area contributed by atoms with Crippen LogP contribution in [0.1, 0.15) is 22.3 Å². The highest BCUT2D eigenvalue weighted by molar-refractivity contribution is 6.34. The summed E-state index contributed by atoms with van der Waals surface area (Å²) in [5.41, 5.74) is 0.112. The minimum absolute atomic E-state index is 0.0816. The minimum Gasteiger partial charge on any atom is -0.468 e. The van der Waals surface area contributed by atoms with Crippen LogP contribution in [-0.2, 0) is 0 Å². The van der Waals surface area contributed by atoms with Gasteiger partial charge in [-0.15, -0.1) is 0 Å². The molecule has 1 atom stereocenters. The molecular weight excluding hydrogens is 313 g/mol. The lowest BCUT2D eigenvalue weighted by Crippen LogP contribution is -2.34. The third kappa shape index (κ3) is 3.97. The Morgan fingerprint density at radius 2 is 2.14 bits per heavy atom. The maximum atomic E-state index is 12.1. The monoisotopic (exact) mass is 327 g/mol. The van der Waals surface area contributed by atoms with Gasteiger partial charge < -0.3 is 9.73 Å². The van der Waals surface area contributed by atoms with Crippen molar-refractivity contribution in [3.63, 3.8) is 0 Å². The number of likely N-dealkylation sites (N-methyl/N-ethyl adjacent to an activating group) is 1. The molecule has 0 fully saturated rings. The summed E-state index contributed by atoms with van der Waals surface area (Å²) in [6.45, 7) is 0.365. The van der Waals surface area contributed by atoms with Crippen molar-refractivity contribution in [2.45, 2.75) is 6.04 Å². The molecule has 0 aromatic carbocycles. The average Bonchev–Trinajstić information content (AvgIpc) is 2.95. The molecule has 2 heterocycles. The van der Waals surface area contributed by atoms with Crippen molar-refractivity contribution in [1.82, 2.24) is 15.2 Å². The lowest BCUT2D eigenvalue weighted by molar-refractivity contribution is 0.0934. The molecule has 0 aliphatic rings. The van der Waals surface area contributed by atoms with E-state index in [0.717, 1.165) is 5.76 Å². The topological polar surface area (TPSA) is 58.4 Å². The average molecular weight is 328 g/mol. The van der Waals surface area contributed by atoms with Gasteiger partial charge in [0.25, 0.3) is 5.91 Å². The summed E-state index contributed by atoms with van der Waals surface area (Å²) < 4.78 is 5.38. The van der Waals surface area contributed by atoms with E-state index in [1.54, 1.807) is 12.3 Å². The molecule has 0 aliphatic heterocycles. The number of nitrogens with one attached hydrogen (secondary N) is 1. The number of halogens is 2. The minimum atomic E-state index is -0.374. The van der Waals surface area contributed by atoms with Gasteiger partial charge in [-0.1, -0.05) is 23.2 Å². The summed E-state index contributed by atoms with van der Waals surface area (Å²) in [7, 11) is 3.81. The number of pyridine rings is 1. The quantitative estimate of drug-likeness (QED) is 0.857. The van der Waals surface area contributed by atoms with Crippen LogP contribution in [0.5, 0.6) is 0 Å². The predicted octanol–water partition coefficient (Wildman–Crippen LogP) is 3.01. The first-order valence-electron chi connectivity index (χ1n) is 6.29. The Balaban J connectivity index is 2.07. The van der Waals surface area contributed by atoms with E-state index in [4.69, 9.17) is 27.6 Å². The fourth-order valence-corrected chi connectivity index (χ4v) is 2.21. The molecular formula is C14H15Cl2N3O2. The number of carbonyl (C=O) groups is 1. The third-order valence-electron chi connectivity index (χ3n) is 2.98. The number of amides is 1. The molecule has 7 heteroatoms. The fourth-order valence-electron chi connectivity index (χ4n) is 1.87. The highest BCUT2D eigenvalue weighted by atomic mass is 35.5. The fraction of sp³-hybridized carbons (Fsp3) is 0.286. The van der Waals surface area contributed by atoms with Crippen LogP contribution in [0.2, 0.25) is 10.2 Å². The van der Waals surface area contributed by atoms with E-state index in [2.05, 4.69) is 10.3 Å². The Morgan fingerprint density at radius 1 is 1.38 bits per heavy atom. The molecule has 112 valence electrons. The lowest BCUT2D eigenvalue weighted by Gasteiger charge is -2.22. The first-order valence-corrected chi connectivity index (χ1v) is 7.04. The van der Waals surface area contributed by atoms with Gasteiger partial charge in [0.1, 0.15) is 16.6 Å². The van der Waals surface area contributed by atoms with Gasteiger partial charge in [-0.2, -0.15) is 0 Å². The molecule has 2 aromatic rings. The van der Waals surface area contributed by atoms with Gasteiger partial charge >= 0.3 is 0 Å². The van der Waals surface area contributed by atoms with Crippen LogP contribution in [0.4, 0.5) is 0 Å². The predicted molar refractivity (Wildman–Crippen MR) is 81.7 cm³/mol. The van der Waals surface area contributed by atoms with Gasteiger partial charge in [-0.25, -0.2) is 4.98 Å². The van der Waals surface area contributed by atoms with Crippen LogP contribution in [0.25, 0.3) is 0 Å². The number of nitrogens with zero attached hydrogens (tertiary/aromatic N) is 2. The third-order valence-corrected chi connectivity index (χ3v) is 3.49. The van der Waals surface area contributed by atoms with E-state index in [1.807, 2.05) is 31.1 Å². The highest BCUT2D eigenvalue weighted by Gasteiger charge is 2.19. The molecule has 0 bridgehead atoms. The number of carbonyl (C=O) groups excluding carboxylic acids is 1. The second kappa shape index (κ2) is 6.93. The van der Waals surface area contributed by atoms with Gasteiger partial charge in [0, 0.05) is 6.54 Å². The van der Waals surface area contributed by atoms with Crippen molar-refractivity contribution in [2.75, 3.05) is 20.6 Å². The lowest BCUT2D eigenvalue weighted by atomic mass is 10.2. The first kappa shape index (κ1) is 15.8. The van der Waals surface area contributed by atoms with E-state index in [9.17, 15) is 4.79 Å². The van der Waals surface area contributed by atoms with Crippen molar-refractivity contribution < 1.29 is 9.21 Å². The Morgan fingerprint density at radius 3 is 2.76 bits per heavy atom. The van der Waals surface area contributed by atoms with Crippen molar-refractivity contribution in [2.24, 2.45) is 0 Å². The van der Waals surface area contributed by atoms with Crippen LogP contribution in [0.15, 0.2) is 34.9 Å². The maximum absolute atomic E-state index is 12.1. The number of hydrogen-bond donors (Lipinski definition) is 1. The van der Waals surface area contributed by atoms with Gasteiger partial charge in [0.2, 0.25) is 0 Å². The molecule has 0 spiro atoms. The summed E-state index contributed by atoms with van der Waals surface area (Å²) in [6, 6.07) is 6.67. The number of hydrogen-bond acceptors (Lipinski definition) is 4. The Labute approximate surface area is 132 Å². The smallest absolute Gasteiger partial charge is 0.271 e. The van der Waals surface area contributed by atoms with Crippen LogP contribution < -0.4 is 5.32 Å². The summed E-state index contributed by atoms with van der Waals surface area (Å²) in [6.07, 6.45) is 1.60. The maximum Gasteiger partial charge on any atom is 0.271 e. The van der Waals surface area contributed by atoms with E-state index in [-0.39, 0.29) is 27.8 Å². The molecule has 2 aromatic heterocycles. The van der Waals surface area contributed by atoms with Crippen molar-refractivity contribution >= 4 is 29.1 Å². The second-order valence-corrected chi connectivity index (χ2v) is 5.46. The van der Waals surface area contributed by atoms with Crippen LogP contribution >= 0.6 is 23.2 Å². The zero-order chi connectivity index (χ0) is 15.4. The molecule has 1 N–H and O–H groups in total. The molecule has 5 nitrogen and oxygen atoms in total. The van der Waals surface area contributed by atoms with E-state index in [1.165, 1.54) is 6.07 Å². The summed E-state index contributed by atoms with van der Waals surface area (Å²) >= 11 is 11.7. The van der Waals surface area contributed by atoms with Gasteiger partial charge in [-0.05, 0) is 38.4 Å². The van der Waals surface area contributed by atoms with Gasteiger partial charge in [0.05, 0.1) is 17.3 Å². The Hall–Kier alpha value is -1.56. The molecule has 0 radical (unpaired) electrons. The molecule has 21 heavy (non-hydrogen) atoms. The molecule has 0 aliphatic carbocycles. The van der Waals surface area contributed by atoms with Crippen molar-refractivity contribution in [3.05, 3.63) is 52.2 Å². The summed E-state index contributed by atoms with van der Waals surface area (Å²) in [5, 5.41) is 3.27. The van der Waals surface area contributed by atoms with E-state index >= 15 is 0 Å². The van der Waals surface area contributed by atoms with Crippen LogP contribution in [0, 0.1) is 0 Å². The summed E-state index contributed by atoms with van der Waals surface area (Å²) in [4.78, 5) is 18.0. The van der Waals surface area contributed by atoms with Crippen LogP contribution in [0.3, 0.4) is 0 Å². The zero-order valence-corrected chi connectivity index (χ0v) is 13.1. The molecule has 2 rings (SSSR count). The standard InChI is InChI=1S/C14H15Cl2N3O2/c1-19(2)10(11-4-3-7-21-11)8-17-14(20)13-9(15)5-6-12(16)18-13/h3-7,10H,8H2,1-2H3,(H,17,20). The first-order chi connectivity index (χ1) is 9.99. The second-order valence-electron chi connectivity index (χ2n) is 4.67. The SMILES string of the molecule is CN(C)C(CNC(=O)c1nc(Cl)ccc1Cl)c1ccco1. The molecule has 1 amide bonds.